The van der Waals surface area contributed by atoms with E-state index >= 15 is 0 Å². The molecular formula is C34H50ClN5. The highest BCUT2D eigenvalue weighted by Crippen LogP contribution is 2.23. The second kappa shape index (κ2) is 21.7. The highest BCUT2D eigenvalue weighted by atomic mass is 35.5. The Labute approximate surface area is 248 Å². The third-order valence-corrected chi connectivity index (χ3v) is 6.61. The molecule has 5 nitrogen and oxygen atoms in total. The Bertz CT molecular complexity index is 1100. The zero-order valence-corrected chi connectivity index (χ0v) is 26.0. The van der Waals surface area contributed by atoms with Gasteiger partial charge in [-0.15, -0.1) is 0 Å². The van der Waals surface area contributed by atoms with Crippen molar-refractivity contribution in [3.63, 3.8) is 0 Å². The van der Waals surface area contributed by atoms with Gasteiger partial charge in [0.2, 0.25) is 0 Å². The fraction of sp³-hybridized carbons (Fsp3) is 0.382. The lowest BCUT2D eigenvalue weighted by Crippen LogP contribution is -2.32. The first kappa shape index (κ1) is 34.9. The van der Waals surface area contributed by atoms with E-state index in [4.69, 9.17) is 11.6 Å². The molecule has 2 aromatic carbocycles. The number of halogens is 1. The second-order valence-electron chi connectivity index (χ2n) is 9.53. The van der Waals surface area contributed by atoms with Crippen LogP contribution in [0.1, 0.15) is 49.8 Å². The molecule has 0 saturated carbocycles. The number of hydrogen-bond donors (Lipinski definition) is 3. The van der Waals surface area contributed by atoms with Crippen LogP contribution in [0.5, 0.6) is 0 Å². The van der Waals surface area contributed by atoms with Crippen molar-refractivity contribution < 1.29 is 0 Å². The lowest BCUT2D eigenvalue weighted by Gasteiger charge is -2.23. The summed E-state index contributed by atoms with van der Waals surface area (Å²) in [6.07, 6.45) is 11.4. The Morgan fingerprint density at radius 3 is 2.45 bits per heavy atom. The molecule has 6 heteroatoms. The highest BCUT2D eigenvalue weighted by Gasteiger charge is 2.08. The van der Waals surface area contributed by atoms with Crippen LogP contribution in [-0.4, -0.2) is 51.9 Å². The normalized spacial score (nSPS) is 11.8. The molecule has 0 amide bonds. The Morgan fingerprint density at radius 2 is 1.82 bits per heavy atom. The maximum Gasteiger partial charge on any atom is 0.0409 e. The van der Waals surface area contributed by atoms with Crippen LogP contribution in [0.25, 0.3) is 5.57 Å². The number of allylic oxidation sites excluding steroid dienone is 4. The number of aliphatic imine (C=N–C) groups is 1. The van der Waals surface area contributed by atoms with Crippen LogP contribution in [0.15, 0.2) is 95.9 Å². The average Bonchev–Trinajstić information content (AvgIpc) is 2.96. The van der Waals surface area contributed by atoms with Crippen molar-refractivity contribution in [2.24, 2.45) is 4.99 Å². The van der Waals surface area contributed by atoms with Gasteiger partial charge < -0.3 is 16.0 Å². The third-order valence-electron chi connectivity index (χ3n) is 6.38. The molecule has 0 aliphatic rings. The van der Waals surface area contributed by atoms with Crippen LogP contribution >= 0.6 is 11.6 Å². The van der Waals surface area contributed by atoms with E-state index in [0.29, 0.717) is 6.54 Å². The number of benzene rings is 2. The van der Waals surface area contributed by atoms with E-state index in [1.807, 2.05) is 51.4 Å². The molecule has 0 aromatic heterocycles. The topological polar surface area (TPSA) is 51.7 Å². The number of likely N-dealkylation sites (N-methyl/N-ethyl adjacent to an activating group) is 1. The molecule has 0 aliphatic heterocycles. The molecule has 0 saturated heterocycles. The van der Waals surface area contributed by atoms with E-state index in [0.717, 1.165) is 48.0 Å². The summed E-state index contributed by atoms with van der Waals surface area (Å²) in [6, 6.07) is 16.2. The smallest absolute Gasteiger partial charge is 0.0409 e. The summed E-state index contributed by atoms with van der Waals surface area (Å²) in [4.78, 5) is 6.20. The monoisotopic (exact) mass is 563 g/mol. The van der Waals surface area contributed by atoms with Crippen LogP contribution in [-0.2, 0) is 6.54 Å². The van der Waals surface area contributed by atoms with Crippen molar-refractivity contribution in [1.29, 1.82) is 0 Å². The first-order chi connectivity index (χ1) is 19.4. The molecule has 0 spiro atoms. The molecule has 0 fully saturated rings. The van der Waals surface area contributed by atoms with Crippen LogP contribution in [0.3, 0.4) is 0 Å². The Morgan fingerprint density at radius 1 is 1.07 bits per heavy atom. The Kier molecular flexibility index (Phi) is 18.9. The molecular weight excluding hydrogens is 514 g/mol. The Balaban J connectivity index is 0.000000403. The number of aryl methyl sites for hydroxylation is 1. The maximum absolute atomic E-state index is 6.01. The van der Waals surface area contributed by atoms with Crippen LogP contribution in [0.4, 0.5) is 0 Å². The van der Waals surface area contributed by atoms with Crippen molar-refractivity contribution in [3.8, 4) is 0 Å². The van der Waals surface area contributed by atoms with Crippen LogP contribution in [0.2, 0.25) is 5.02 Å². The van der Waals surface area contributed by atoms with Gasteiger partial charge in [-0.25, -0.2) is 0 Å². The SMILES string of the molecule is C=C(NCc1cccc(Cl)c1)/C(=C/C)c1ccccc1C.C=N/C=C\C=C(/CN(CCCC)CCCNC)NC. The zero-order valence-electron chi connectivity index (χ0n) is 25.3. The number of unbranched alkanes of at least 4 members (excludes halogenated alkanes) is 1. The minimum Gasteiger partial charge on any atom is -0.390 e. The molecule has 0 atom stereocenters. The maximum atomic E-state index is 6.01. The molecule has 0 bridgehead atoms. The molecule has 0 radical (unpaired) electrons. The number of hydrogen-bond acceptors (Lipinski definition) is 5. The molecule has 2 aromatic rings. The summed E-state index contributed by atoms with van der Waals surface area (Å²) in [5.41, 5.74) is 6.87. The van der Waals surface area contributed by atoms with Crippen molar-refractivity contribution in [2.75, 3.05) is 40.3 Å². The van der Waals surface area contributed by atoms with Crippen molar-refractivity contribution >= 4 is 23.9 Å². The predicted molar refractivity (Wildman–Crippen MR) is 178 cm³/mol. The summed E-state index contributed by atoms with van der Waals surface area (Å²) in [5, 5.41) is 10.6. The van der Waals surface area contributed by atoms with E-state index in [-0.39, 0.29) is 0 Å². The quantitative estimate of drug-likeness (QED) is 0.107. The number of rotatable bonds is 17. The van der Waals surface area contributed by atoms with E-state index < -0.39 is 0 Å². The predicted octanol–water partition coefficient (Wildman–Crippen LogP) is 7.37. The average molecular weight is 564 g/mol. The zero-order chi connectivity index (χ0) is 29.6. The first-order valence-electron chi connectivity index (χ1n) is 14.2. The van der Waals surface area contributed by atoms with Gasteiger partial charge in [0.1, 0.15) is 0 Å². The fourth-order valence-electron chi connectivity index (χ4n) is 4.13. The third kappa shape index (κ3) is 14.3. The van der Waals surface area contributed by atoms with Crippen molar-refractivity contribution in [2.45, 2.75) is 46.6 Å². The summed E-state index contributed by atoms with van der Waals surface area (Å²) in [7, 11) is 3.97. The van der Waals surface area contributed by atoms with E-state index in [2.05, 4.69) is 89.4 Å². The molecule has 0 unspecified atom stereocenters. The number of nitrogens with one attached hydrogen (secondary N) is 3. The Hall–Kier alpha value is -3.12. The van der Waals surface area contributed by atoms with Gasteiger partial charge in [0, 0.05) is 48.3 Å². The van der Waals surface area contributed by atoms with Gasteiger partial charge >= 0.3 is 0 Å². The molecule has 0 aliphatic carbocycles. The van der Waals surface area contributed by atoms with Gasteiger partial charge in [0.15, 0.2) is 0 Å². The minimum atomic E-state index is 0.711. The van der Waals surface area contributed by atoms with Crippen LogP contribution < -0.4 is 16.0 Å². The summed E-state index contributed by atoms with van der Waals surface area (Å²) < 4.78 is 0. The van der Waals surface area contributed by atoms with Crippen molar-refractivity contribution in [1.82, 2.24) is 20.9 Å². The lowest BCUT2D eigenvalue weighted by molar-refractivity contribution is 0.283. The van der Waals surface area contributed by atoms with Gasteiger partial charge in [-0.1, -0.05) is 74.0 Å². The van der Waals surface area contributed by atoms with E-state index in [1.165, 1.54) is 36.1 Å². The minimum absolute atomic E-state index is 0.711. The largest absolute Gasteiger partial charge is 0.390 e. The number of nitrogens with zero attached hydrogens (tertiary/aromatic N) is 2. The first-order valence-corrected chi connectivity index (χ1v) is 14.5. The molecule has 40 heavy (non-hydrogen) atoms. The highest BCUT2D eigenvalue weighted by molar-refractivity contribution is 6.30. The second-order valence-corrected chi connectivity index (χ2v) is 9.97. The fourth-order valence-corrected chi connectivity index (χ4v) is 4.34. The van der Waals surface area contributed by atoms with E-state index in [9.17, 15) is 0 Å². The summed E-state index contributed by atoms with van der Waals surface area (Å²) in [5.74, 6) is 0. The van der Waals surface area contributed by atoms with Gasteiger partial charge in [0.05, 0.1) is 0 Å². The van der Waals surface area contributed by atoms with Gasteiger partial charge in [-0.2, -0.15) is 0 Å². The van der Waals surface area contributed by atoms with Gasteiger partial charge in [0.25, 0.3) is 0 Å². The van der Waals surface area contributed by atoms with Gasteiger partial charge in [-0.3, -0.25) is 9.89 Å². The molecule has 3 N–H and O–H groups in total. The lowest BCUT2D eigenvalue weighted by atomic mass is 9.98. The standard InChI is InChI=1S/C19H20ClN.C15H30N4/c1-4-18(19-11-6-5-8-14(19)2)15(3)21-13-16-9-7-10-17(20)12-16;1-5-6-12-19(13-8-11-17-3)14-15(18-4)9-7-10-16-2/h4-12,21H,3,13H2,1-2H3;7,9-10,17-18H,2,5-6,8,11-14H2,1,3-4H3/b18-4-;10-7-,15-9+. The van der Waals surface area contributed by atoms with E-state index in [1.54, 1.807) is 6.20 Å². The summed E-state index contributed by atoms with van der Waals surface area (Å²) >= 11 is 6.01. The molecule has 2 rings (SSSR count). The summed E-state index contributed by atoms with van der Waals surface area (Å²) in [6.45, 7) is 19.0. The molecule has 0 heterocycles. The van der Waals surface area contributed by atoms with Crippen LogP contribution in [0, 0.1) is 6.92 Å². The molecule has 218 valence electrons. The van der Waals surface area contributed by atoms with Gasteiger partial charge in [-0.05, 0) is 101 Å². The van der Waals surface area contributed by atoms with Crippen molar-refractivity contribution in [3.05, 3.63) is 113 Å².